The average molecular weight is 440 g/mol. The number of fused-ring (bicyclic) bond motifs is 1. The van der Waals surface area contributed by atoms with Crippen molar-refractivity contribution in [1.82, 2.24) is 15.4 Å². The molecule has 2 aromatic heterocycles. The highest BCUT2D eigenvalue weighted by molar-refractivity contribution is 7.10. The summed E-state index contributed by atoms with van der Waals surface area (Å²) in [6.07, 6.45) is 3.69. The van der Waals surface area contributed by atoms with Crippen LogP contribution < -0.4 is 14.8 Å². The lowest BCUT2D eigenvalue weighted by Crippen LogP contribution is -2.40. The lowest BCUT2D eigenvalue weighted by Gasteiger charge is -2.34. The third-order valence-electron chi connectivity index (χ3n) is 5.73. The second-order valence-electron chi connectivity index (χ2n) is 7.77. The monoisotopic (exact) mass is 439 g/mol. The Hall–Kier alpha value is -2.84. The molecular formula is C23H25N3O4S. The Morgan fingerprint density at radius 1 is 1.10 bits per heavy atom. The second-order valence-corrected chi connectivity index (χ2v) is 8.75. The normalized spacial score (nSPS) is 17.3. The van der Waals surface area contributed by atoms with E-state index in [1.54, 1.807) is 17.4 Å². The van der Waals surface area contributed by atoms with Gasteiger partial charge in [0, 0.05) is 23.1 Å². The number of benzene rings is 1. The van der Waals surface area contributed by atoms with Gasteiger partial charge < -0.3 is 19.3 Å². The number of rotatable bonds is 6. The van der Waals surface area contributed by atoms with Crippen LogP contribution in [0.3, 0.4) is 0 Å². The summed E-state index contributed by atoms with van der Waals surface area (Å²) in [6, 6.07) is 11.6. The fourth-order valence-corrected chi connectivity index (χ4v) is 4.98. The molecule has 0 radical (unpaired) electrons. The van der Waals surface area contributed by atoms with Crippen LogP contribution in [0, 0.1) is 0 Å². The van der Waals surface area contributed by atoms with E-state index in [0.717, 1.165) is 18.7 Å². The molecule has 1 aromatic carbocycles. The summed E-state index contributed by atoms with van der Waals surface area (Å²) in [5.74, 6) is 1.68. The molecule has 31 heavy (non-hydrogen) atoms. The summed E-state index contributed by atoms with van der Waals surface area (Å²) in [6.45, 7) is 3.74. The molecule has 1 amide bonds. The number of hydrogen-bond acceptors (Lipinski definition) is 7. The highest BCUT2D eigenvalue weighted by atomic mass is 32.1. The van der Waals surface area contributed by atoms with E-state index in [-0.39, 0.29) is 17.6 Å². The van der Waals surface area contributed by atoms with E-state index < -0.39 is 0 Å². The Morgan fingerprint density at radius 3 is 2.74 bits per heavy atom. The Kier molecular flexibility index (Phi) is 5.90. The van der Waals surface area contributed by atoms with Gasteiger partial charge in [-0.1, -0.05) is 17.6 Å². The smallest absolute Gasteiger partial charge is 0.273 e. The molecule has 2 aliphatic rings. The van der Waals surface area contributed by atoms with Gasteiger partial charge in [-0.15, -0.1) is 11.3 Å². The number of thiophene rings is 1. The first-order valence-electron chi connectivity index (χ1n) is 10.7. The molecule has 162 valence electrons. The lowest BCUT2D eigenvalue weighted by molar-refractivity contribution is 0.0917. The standard InChI is InChI=1S/C23H25N3O4S/c27-23(24-15-18(22-5-4-12-31-22)26-8-2-1-3-9-26)17-14-20(30-25-17)16-6-7-19-21(13-16)29-11-10-28-19/h4-7,12-14,18H,1-3,8-11,15H2,(H,24,27)/t18-/m0/s1. The number of nitrogens with one attached hydrogen (secondary N) is 1. The van der Waals surface area contributed by atoms with Crippen LogP contribution in [-0.4, -0.2) is 48.8 Å². The molecule has 4 heterocycles. The molecule has 1 atom stereocenters. The fourth-order valence-electron chi connectivity index (χ4n) is 4.12. The van der Waals surface area contributed by atoms with Crippen molar-refractivity contribution in [2.45, 2.75) is 25.3 Å². The Bertz CT molecular complexity index is 1030. The van der Waals surface area contributed by atoms with Crippen molar-refractivity contribution in [3.8, 4) is 22.8 Å². The second kappa shape index (κ2) is 9.11. The van der Waals surface area contributed by atoms with Crippen LogP contribution in [0.25, 0.3) is 11.3 Å². The van der Waals surface area contributed by atoms with Crippen LogP contribution in [0.5, 0.6) is 11.5 Å². The molecule has 8 heteroatoms. The van der Waals surface area contributed by atoms with Crippen molar-refractivity contribution in [3.05, 3.63) is 52.3 Å². The third kappa shape index (κ3) is 4.45. The first-order chi connectivity index (χ1) is 15.3. The summed E-state index contributed by atoms with van der Waals surface area (Å²) in [4.78, 5) is 16.5. The van der Waals surface area contributed by atoms with E-state index in [0.29, 0.717) is 37.0 Å². The van der Waals surface area contributed by atoms with Crippen molar-refractivity contribution in [1.29, 1.82) is 0 Å². The predicted molar refractivity (Wildman–Crippen MR) is 118 cm³/mol. The number of amides is 1. The molecule has 0 aliphatic carbocycles. The zero-order valence-corrected chi connectivity index (χ0v) is 18.0. The van der Waals surface area contributed by atoms with E-state index in [1.807, 2.05) is 18.2 Å². The first kappa shape index (κ1) is 20.1. The van der Waals surface area contributed by atoms with Gasteiger partial charge in [0.15, 0.2) is 23.0 Å². The largest absolute Gasteiger partial charge is 0.486 e. The van der Waals surface area contributed by atoms with E-state index in [1.165, 1.54) is 24.1 Å². The molecule has 0 bridgehead atoms. The Morgan fingerprint density at radius 2 is 1.94 bits per heavy atom. The minimum Gasteiger partial charge on any atom is -0.486 e. The average Bonchev–Trinajstić information content (AvgIpc) is 3.52. The Labute approximate surface area is 184 Å². The van der Waals surface area contributed by atoms with E-state index in [9.17, 15) is 4.79 Å². The number of nitrogens with zero attached hydrogens (tertiary/aromatic N) is 2. The summed E-state index contributed by atoms with van der Waals surface area (Å²) in [5.41, 5.74) is 1.06. The minimum atomic E-state index is -0.230. The van der Waals surface area contributed by atoms with E-state index in [4.69, 9.17) is 14.0 Å². The SMILES string of the molecule is O=C(NC[C@@H](c1cccs1)N1CCCCC1)c1cc(-c2ccc3c(c2)OCCO3)on1. The topological polar surface area (TPSA) is 76.8 Å². The van der Waals surface area contributed by atoms with E-state index in [2.05, 4.69) is 32.9 Å². The van der Waals surface area contributed by atoms with Gasteiger partial charge in [-0.2, -0.15) is 0 Å². The number of hydrogen-bond donors (Lipinski definition) is 1. The maximum atomic E-state index is 12.8. The lowest BCUT2D eigenvalue weighted by atomic mass is 10.1. The molecule has 1 N–H and O–H groups in total. The molecule has 0 saturated carbocycles. The van der Waals surface area contributed by atoms with E-state index >= 15 is 0 Å². The van der Waals surface area contributed by atoms with Crippen LogP contribution in [0.1, 0.15) is 40.7 Å². The molecule has 0 unspecified atom stereocenters. The third-order valence-corrected chi connectivity index (χ3v) is 6.70. The summed E-state index contributed by atoms with van der Waals surface area (Å²) >= 11 is 1.74. The molecule has 5 rings (SSSR count). The number of piperidine rings is 1. The van der Waals surface area contributed by atoms with Crippen molar-refractivity contribution in [2.75, 3.05) is 32.8 Å². The Balaban J connectivity index is 1.27. The molecular weight excluding hydrogens is 414 g/mol. The van der Waals surface area contributed by atoms with Crippen LogP contribution in [0.4, 0.5) is 0 Å². The quantitative estimate of drug-likeness (QED) is 0.622. The first-order valence-corrected chi connectivity index (χ1v) is 11.6. The zero-order chi connectivity index (χ0) is 21.0. The highest BCUT2D eigenvalue weighted by Gasteiger charge is 2.24. The summed E-state index contributed by atoms with van der Waals surface area (Å²) in [7, 11) is 0. The number of ether oxygens (including phenoxy) is 2. The summed E-state index contributed by atoms with van der Waals surface area (Å²) in [5, 5.41) is 9.13. The van der Waals surface area contributed by atoms with Crippen LogP contribution >= 0.6 is 11.3 Å². The minimum absolute atomic E-state index is 0.188. The number of likely N-dealkylation sites (tertiary alicyclic amines) is 1. The molecule has 3 aromatic rings. The maximum Gasteiger partial charge on any atom is 0.273 e. The van der Waals surface area contributed by atoms with Crippen LogP contribution in [-0.2, 0) is 0 Å². The van der Waals surface area contributed by atoms with Gasteiger partial charge in [-0.3, -0.25) is 9.69 Å². The van der Waals surface area contributed by atoms with Crippen molar-refractivity contribution in [3.63, 3.8) is 0 Å². The van der Waals surface area contributed by atoms with Crippen molar-refractivity contribution in [2.24, 2.45) is 0 Å². The van der Waals surface area contributed by atoms with Crippen LogP contribution in [0.15, 0.2) is 46.3 Å². The maximum absolute atomic E-state index is 12.8. The molecule has 7 nitrogen and oxygen atoms in total. The molecule has 1 fully saturated rings. The van der Waals surface area contributed by atoms with Gasteiger partial charge in [0.25, 0.3) is 5.91 Å². The molecule has 1 saturated heterocycles. The number of aromatic nitrogens is 1. The van der Waals surface area contributed by atoms with Crippen molar-refractivity contribution < 1.29 is 18.8 Å². The predicted octanol–water partition coefficient (Wildman–Crippen LogP) is 4.13. The highest BCUT2D eigenvalue weighted by Crippen LogP contribution is 2.34. The number of carbonyl (C=O) groups is 1. The van der Waals surface area contributed by atoms with Gasteiger partial charge in [0.2, 0.25) is 0 Å². The fraction of sp³-hybridized carbons (Fsp3) is 0.391. The summed E-state index contributed by atoms with van der Waals surface area (Å²) < 4.78 is 16.6. The van der Waals surface area contributed by atoms with Gasteiger partial charge in [-0.05, 0) is 55.6 Å². The molecule has 2 aliphatic heterocycles. The van der Waals surface area contributed by atoms with Crippen molar-refractivity contribution >= 4 is 17.2 Å². The zero-order valence-electron chi connectivity index (χ0n) is 17.2. The van der Waals surface area contributed by atoms with Gasteiger partial charge >= 0.3 is 0 Å². The van der Waals surface area contributed by atoms with Gasteiger partial charge in [-0.25, -0.2) is 0 Å². The molecule has 0 spiro atoms. The van der Waals surface area contributed by atoms with Crippen LogP contribution in [0.2, 0.25) is 0 Å². The van der Waals surface area contributed by atoms with Gasteiger partial charge in [0.05, 0.1) is 6.04 Å². The van der Waals surface area contributed by atoms with Gasteiger partial charge in [0.1, 0.15) is 13.2 Å². The number of carbonyl (C=O) groups excluding carboxylic acids is 1.